The second kappa shape index (κ2) is 6.76. The molecule has 0 saturated heterocycles. The molecule has 31 heavy (non-hydrogen) atoms. The monoisotopic (exact) mass is 432 g/mol. The molecule has 0 aromatic heterocycles. The Morgan fingerprint density at radius 2 is 1.65 bits per heavy atom. The van der Waals surface area contributed by atoms with E-state index in [1.165, 1.54) is 12.1 Å². The highest BCUT2D eigenvalue weighted by Crippen LogP contribution is 2.54. The fourth-order valence-electron chi connectivity index (χ4n) is 5.19. The van der Waals surface area contributed by atoms with Crippen LogP contribution in [0, 0.1) is 5.82 Å². The van der Waals surface area contributed by atoms with Crippen LogP contribution in [0.5, 0.6) is 0 Å². The van der Waals surface area contributed by atoms with Crippen molar-refractivity contribution in [2.75, 3.05) is 4.90 Å². The van der Waals surface area contributed by atoms with Crippen molar-refractivity contribution in [3.05, 3.63) is 94.3 Å². The van der Waals surface area contributed by atoms with E-state index >= 15 is 0 Å². The summed E-state index contributed by atoms with van der Waals surface area (Å²) < 4.78 is 13.3. The lowest BCUT2D eigenvalue weighted by atomic mass is 9.65. The molecule has 0 N–H and O–H groups in total. The maximum absolute atomic E-state index is 13.6. The molecular weight excluding hydrogens is 411 g/mol. The van der Waals surface area contributed by atoms with Crippen LogP contribution >= 0.6 is 11.6 Å². The maximum Gasteiger partial charge on any atom is 0.278 e. The van der Waals surface area contributed by atoms with E-state index in [9.17, 15) is 9.18 Å². The summed E-state index contributed by atoms with van der Waals surface area (Å²) in [6, 6.07) is 19.9. The zero-order valence-corrected chi connectivity index (χ0v) is 18.4. The van der Waals surface area contributed by atoms with E-state index in [0.29, 0.717) is 16.4 Å². The molecule has 0 fully saturated rings. The first-order valence-electron chi connectivity index (χ1n) is 10.3. The Morgan fingerprint density at radius 1 is 0.968 bits per heavy atom. The molecule has 3 nitrogen and oxygen atoms in total. The van der Waals surface area contributed by atoms with Crippen LogP contribution in [-0.4, -0.2) is 17.2 Å². The highest BCUT2D eigenvalue weighted by Gasteiger charge is 2.53. The molecular formula is C26H22ClFN2O. The van der Waals surface area contributed by atoms with Crippen LogP contribution < -0.4 is 4.90 Å². The van der Waals surface area contributed by atoms with Crippen molar-refractivity contribution >= 4 is 34.6 Å². The van der Waals surface area contributed by atoms with E-state index in [1.807, 2.05) is 29.2 Å². The van der Waals surface area contributed by atoms with E-state index in [1.54, 1.807) is 12.1 Å². The van der Waals surface area contributed by atoms with Gasteiger partial charge < -0.3 is 4.90 Å². The summed E-state index contributed by atoms with van der Waals surface area (Å²) in [5.74, 6) is -0.446. The average Bonchev–Trinajstić information content (AvgIpc) is 3.01. The van der Waals surface area contributed by atoms with Gasteiger partial charge in [0.15, 0.2) is 0 Å². The van der Waals surface area contributed by atoms with E-state index < -0.39 is 5.54 Å². The van der Waals surface area contributed by atoms with Gasteiger partial charge in [0.05, 0.1) is 11.4 Å². The van der Waals surface area contributed by atoms with E-state index in [-0.39, 0.29) is 17.1 Å². The van der Waals surface area contributed by atoms with Crippen molar-refractivity contribution in [2.45, 2.75) is 38.1 Å². The average molecular weight is 433 g/mol. The molecule has 2 aliphatic heterocycles. The van der Waals surface area contributed by atoms with Gasteiger partial charge >= 0.3 is 0 Å². The molecule has 1 amide bonds. The van der Waals surface area contributed by atoms with Crippen molar-refractivity contribution in [2.24, 2.45) is 4.99 Å². The fourth-order valence-corrected chi connectivity index (χ4v) is 5.31. The minimum absolute atomic E-state index is 0.116. The SMILES string of the molecule is CC1(c2ccc(Cl)cc2)CC(C)(C)N2C(=O)C(=Nc3ccc(F)cc3)c3cccc1c32. The van der Waals surface area contributed by atoms with Gasteiger partial charge in [-0.2, -0.15) is 0 Å². The van der Waals surface area contributed by atoms with Crippen LogP contribution in [0.15, 0.2) is 71.7 Å². The molecule has 5 heteroatoms. The molecule has 0 radical (unpaired) electrons. The number of halogens is 2. The fraction of sp³-hybridized carbons (Fsp3) is 0.231. The van der Waals surface area contributed by atoms with Gasteiger partial charge in [-0.1, -0.05) is 48.9 Å². The van der Waals surface area contributed by atoms with Gasteiger partial charge in [-0.25, -0.2) is 9.38 Å². The summed E-state index contributed by atoms with van der Waals surface area (Å²) >= 11 is 6.14. The van der Waals surface area contributed by atoms with Crippen molar-refractivity contribution in [1.29, 1.82) is 0 Å². The molecule has 2 aliphatic rings. The van der Waals surface area contributed by atoms with Crippen molar-refractivity contribution < 1.29 is 9.18 Å². The van der Waals surface area contributed by atoms with E-state index in [4.69, 9.17) is 11.6 Å². The number of rotatable bonds is 2. The predicted octanol–water partition coefficient (Wildman–Crippen LogP) is 6.43. The summed E-state index contributed by atoms with van der Waals surface area (Å²) in [6.07, 6.45) is 0.758. The number of hydrogen-bond acceptors (Lipinski definition) is 2. The van der Waals surface area contributed by atoms with E-state index in [0.717, 1.165) is 28.8 Å². The third kappa shape index (κ3) is 3.01. The molecule has 3 aromatic rings. The number of amides is 1. The van der Waals surface area contributed by atoms with Gasteiger partial charge in [0.2, 0.25) is 0 Å². The normalized spacial score (nSPS) is 22.7. The topological polar surface area (TPSA) is 32.7 Å². The first-order chi connectivity index (χ1) is 14.7. The van der Waals surface area contributed by atoms with Crippen LogP contribution in [-0.2, 0) is 10.2 Å². The summed E-state index contributed by atoms with van der Waals surface area (Å²) in [5, 5.41) is 0.700. The number of benzene rings is 3. The number of para-hydroxylation sites is 1. The first kappa shape index (κ1) is 20.0. The molecule has 1 unspecified atom stereocenters. The molecule has 1 atom stereocenters. The minimum atomic E-state index is -0.422. The Balaban J connectivity index is 1.73. The summed E-state index contributed by atoms with van der Waals surface area (Å²) in [7, 11) is 0. The lowest BCUT2D eigenvalue weighted by molar-refractivity contribution is -0.113. The molecule has 0 bridgehead atoms. The maximum atomic E-state index is 13.6. The standard InChI is InChI=1S/C26H22ClFN2O/c1-25(2)15-26(3,16-7-9-17(27)10-8-16)21-6-4-5-20-22(24(31)30(25)23(20)21)29-19-13-11-18(28)12-14-19/h4-14H,15H2,1-3H3. The molecule has 0 spiro atoms. The van der Waals surface area contributed by atoms with Crippen molar-refractivity contribution in [3.63, 3.8) is 0 Å². The highest BCUT2D eigenvalue weighted by molar-refractivity contribution is 6.55. The third-order valence-corrected chi connectivity index (χ3v) is 6.71. The van der Waals surface area contributed by atoms with Crippen LogP contribution in [0.3, 0.4) is 0 Å². The molecule has 5 rings (SSSR count). The number of carbonyl (C=O) groups is 1. The molecule has 3 aromatic carbocycles. The second-order valence-electron chi connectivity index (χ2n) is 9.11. The first-order valence-corrected chi connectivity index (χ1v) is 10.7. The van der Waals surface area contributed by atoms with Gasteiger partial charge in [0, 0.05) is 21.5 Å². The number of nitrogens with zero attached hydrogens (tertiary/aromatic N) is 2. The van der Waals surface area contributed by atoms with Crippen LogP contribution in [0.2, 0.25) is 5.02 Å². The Labute approximate surface area is 186 Å². The molecule has 0 saturated carbocycles. The quantitative estimate of drug-likeness (QED) is 0.459. The zero-order valence-electron chi connectivity index (χ0n) is 17.6. The van der Waals surface area contributed by atoms with Gasteiger partial charge in [-0.05, 0) is 67.8 Å². The Morgan fingerprint density at radius 3 is 2.32 bits per heavy atom. The number of aliphatic imine (C=N–C) groups is 1. The third-order valence-electron chi connectivity index (χ3n) is 6.46. The summed E-state index contributed by atoms with van der Waals surface area (Å²) in [4.78, 5) is 20.1. The molecule has 2 heterocycles. The van der Waals surface area contributed by atoms with Crippen LogP contribution in [0.4, 0.5) is 15.8 Å². The number of carbonyl (C=O) groups excluding carboxylic acids is 1. The minimum Gasteiger partial charge on any atom is -0.300 e. The van der Waals surface area contributed by atoms with Crippen LogP contribution in [0.25, 0.3) is 0 Å². The largest absolute Gasteiger partial charge is 0.300 e. The van der Waals surface area contributed by atoms with Gasteiger partial charge in [-0.3, -0.25) is 4.79 Å². The number of anilines is 1. The van der Waals surface area contributed by atoms with Gasteiger partial charge in [0.25, 0.3) is 5.91 Å². The molecule has 156 valence electrons. The van der Waals surface area contributed by atoms with E-state index in [2.05, 4.69) is 44.0 Å². The molecule has 0 aliphatic carbocycles. The van der Waals surface area contributed by atoms with Gasteiger partial charge in [0.1, 0.15) is 11.5 Å². The Bertz CT molecular complexity index is 1230. The predicted molar refractivity (Wildman–Crippen MR) is 123 cm³/mol. The second-order valence-corrected chi connectivity index (χ2v) is 9.54. The Kier molecular flexibility index (Phi) is 4.35. The van der Waals surface area contributed by atoms with Crippen molar-refractivity contribution in [1.82, 2.24) is 0 Å². The lowest BCUT2D eigenvalue weighted by Gasteiger charge is -2.49. The summed E-state index contributed by atoms with van der Waals surface area (Å²) in [5.41, 5.74) is 4.24. The zero-order chi connectivity index (χ0) is 22.0. The van der Waals surface area contributed by atoms with Crippen LogP contribution in [0.1, 0.15) is 43.9 Å². The summed E-state index contributed by atoms with van der Waals surface area (Å²) in [6.45, 7) is 6.42. The Hall–Kier alpha value is -2.98. The lowest BCUT2D eigenvalue weighted by Crippen LogP contribution is -2.54. The van der Waals surface area contributed by atoms with Crippen molar-refractivity contribution in [3.8, 4) is 0 Å². The van der Waals surface area contributed by atoms with Gasteiger partial charge in [-0.15, -0.1) is 0 Å². The highest BCUT2D eigenvalue weighted by atomic mass is 35.5. The number of hydrogen-bond donors (Lipinski definition) is 0. The smallest absolute Gasteiger partial charge is 0.278 e.